The maximum absolute atomic E-state index is 13.4. The van der Waals surface area contributed by atoms with Crippen molar-refractivity contribution < 1.29 is 28.8 Å². The molecule has 0 spiro atoms. The van der Waals surface area contributed by atoms with Crippen molar-refractivity contribution in [3.05, 3.63) is 51.2 Å². The van der Waals surface area contributed by atoms with Crippen LogP contribution in [0.1, 0.15) is 44.6 Å². The van der Waals surface area contributed by atoms with Crippen LogP contribution in [-0.4, -0.2) is 85.2 Å². The minimum atomic E-state index is -0.951. The minimum Gasteiger partial charge on any atom is -0.465 e. The molecule has 2 atom stereocenters. The smallest absolute Gasteiger partial charge is 0.336 e. The number of allylic oxidation sites excluding steroid dienone is 1. The molecule has 2 unspecified atom stereocenters. The average Bonchev–Trinajstić information content (AvgIpc) is 3.26. The van der Waals surface area contributed by atoms with Crippen molar-refractivity contribution in [3.63, 3.8) is 0 Å². The van der Waals surface area contributed by atoms with Crippen LogP contribution in [0.4, 0.5) is 5.69 Å². The number of nitrogens with zero attached hydrogens (tertiary/aromatic N) is 4. The van der Waals surface area contributed by atoms with E-state index in [0.29, 0.717) is 42.9 Å². The Kier molecular flexibility index (Phi) is 9.51. The first kappa shape index (κ1) is 28.0. The fraction of sp³-hybridized carbons (Fsp3) is 0.538. The minimum absolute atomic E-state index is 0.00964. The predicted octanol–water partition coefficient (Wildman–Crippen LogP) is 2.70. The molecule has 2 aliphatic heterocycles. The number of nitro benzene ring substituents is 1. The van der Waals surface area contributed by atoms with E-state index in [1.54, 1.807) is 24.8 Å². The molecule has 0 aliphatic carbocycles. The van der Waals surface area contributed by atoms with Gasteiger partial charge in [0.15, 0.2) is 0 Å². The van der Waals surface area contributed by atoms with Gasteiger partial charge in [0.2, 0.25) is 5.91 Å². The lowest BCUT2D eigenvalue weighted by atomic mass is 9.74. The Bertz CT molecular complexity index is 1110. The van der Waals surface area contributed by atoms with Crippen molar-refractivity contribution in [1.82, 2.24) is 9.80 Å². The van der Waals surface area contributed by atoms with Crippen molar-refractivity contribution >= 4 is 29.2 Å². The summed E-state index contributed by atoms with van der Waals surface area (Å²) in [5, 5.41) is 11.5. The first-order chi connectivity index (χ1) is 17.6. The van der Waals surface area contributed by atoms with Gasteiger partial charge in [0.1, 0.15) is 12.5 Å². The highest BCUT2D eigenvalue weighted by atomic mass is 16.6. The molecule has 37 heavy (non-hydrogen) atoms. The molecular weight excluding hydrogens is 480 g/mol. The third kappa shape index (κ3) is 6.79. The van der Waals surface area contributed by atoms with E-state index in [2.05, 4.69) is 4.99 Å². The molecule has 1 fully saturated rings. The summed E-state index contributed by atoms with van der Waals surface area (Å²) < 4.78 is 10.9. The van der Waals surface area contributed by atoms with Crippen molar-refractivity contribution in [1.29, 1.82) is 0 Å². The van der Waals surface area contributed by atoms with Crippen LogP contribution in [0.5, 0.6) is 0 Å². The van der Waals surface area contributed by atoms with Gasteiger partial charge in [-0.3, -0.25) is 24.7 Å². The number of hydrogen-bond acceptors (Lipinski definition) is 9. The Morgan fingerprint density at radius 3 is 2.65 bits per heavy atom. The number of carbonyl (C=O) groups excluding carboxylic acids is 3. The quantitative estimate of drug-likeness (QED) is 0.250. The third-order valence-corrected chi connectivity index (χ3v) is 6.49. The molecule has 0 bridgehead atoms. The number of amides is 1. The second kappa shape index (κ2) is 12.6. The number of aliphatic imine (C=N–C) groups is 1. The average molecular weight is 515 g/mol. The molecular formula is C26H34N4O7. The lowest BCUT2D eigenvalue weighted by Gasteiger charge is -2.33. The van der Waals surface area contributed by atoms with E-state index in [0.717, 1.165) is 6.42 Å². The number of carbonyl (C=O) groups is 3. The summed E-state index contributed by atoms with van der Waals surface area (Å²) in [6, 6.07) is 5.91. The summed E-state index contributed by atoms with van der Waals surface area (Å²) >= 11 is 0. The molecule has 2 aliphatic rings. The molecule has 2 heterocycles. The van der Waals surface area contributed by atoms with Gasteiger partial charge in [0, 0.05) is 49.0 Å². The second-order valence-corrected chi connectivity index (χ2v) is 9.34. The number of ether oxygens (including phenoxy) is 2. The first-order valence-corrected chi connectivity index (χ1v) is 12.4. The zero-order chi connectivity index (χ0) is 27.1. The molecule has 11 nitrogen and oxygen atoms in total. The van der Waals surface area contributed by atoms with Crippen LogP contribution in [0, 0.1) is 16.0 Å². The number of benzene rings is 1. The molecule has 1 aromatic rings. The Morgan fingerprint density at radius 1 is 1.27 bits per heavy atom. The van der Waals surface area contributed by atoms with Gasteiger partial charge >= 0.3 is 11.9 Å². The van der Waals surface area contributed by atoms with Gasteiger partial charge < -0.3 is 19.3 Å². The van der Waals surface area contributed by atoms with Gasteiger partial charge in [-0.15, -0.1) is 0 Å². The topological polar surface area (TPSA) is 132 Å². The van der Waals surface area contributed by atoms with Crippen molar-refractivity contribution in [2.75, 3.05) is 46.9 Å². The molecule has 1 amide bonds. The normalized spacial score (nSPS) is 19.8. The monoisotopic (exact) mass is 514 g/mol. The third-order valence-electron chi connectivity index (χ3n) is 6.49. The van der Waals surface area contributed by atoms with Crippen LogP contribution in [0.25, 0.3) is 0 Å². The molecule has 0 saturated carbocycles. The SMILES string of the molecule is CCOC(=O)C1C(CCN(C)C)=NC(C)=C(C(=O)OCCN2CCCC2=O)C1c1cccc([N+](=O)[O-])c1. The van der Waals surface area contributed by atoms with E-state index in [1.807, 2.05) is 19.0 Å². The van der Waals surface area contributed by atoms with E-state index in [9.17, 15) is 24.5 Å². The summed E-state index contributed by atoms with van der Waals surface area (Å²) in [6.07, 6.45) is 1.70. The molecule has 0 N–H and O–H groups in total. The highest BCUT2D eigenvalue weighted by Crippen LogP contribution is 2.41. The molecule has 0 radical (unpaired) electrons. The van der Waals surface area contributed by atoms with Gasteiger partial charge in [0.25, 0.3) is 5.69 Å². The Morgan fingerprint density at radius 2 is 2.03 bits per heavy atom. The number of non-ortho nitro benzene ring substituents is 1. The molecule has 11 heteroatoms. The van der Waals surface area contributed by atoms with E-state index >= 15 is 0 Å². The van der Waals surface area contributed by atoms with Gasteiger partial charge in [-0.2, -0.15) is 0 Å². The summed E-state index contributed by atoms with van der Waals surface area (Å²) in [5.74, 6) is -3.04. The van der Waals surface area contributed by atoms with Gasteiger partial charge in [0.05, 0.1) is 23.6 Å². The largest absolute Gasteiger partial charge is 0.465 e. The lowest BCUT2D eigenvalue weighted by molar-refractivity contribution is -0.384. The van der Waals surface area contributed by atoms with Gasteiger partial charge in [-0.25, -0.2) is 4.79 Å². The zero-order valence-corrected chi connectivity index (χ0v) is 21.8. The lowest BCUT2D eigenvalue weighted by Crippen LogP contribution is -2.39. The number of nitro groups is 1. The van der Waals surface area contributed by atoms with Gasteiger partial charge in [-0.1, -0.05) is 12.1 Å². The highest BCUT2D eigenvalue weighted by Gasteiger charge is 2.44. The fourth-order valence-corrected chi connectivity index (χ4v) is 4.72. The van der Waals surface area contributed by atoms with Crippen LogP contribution >= 0.6 is 0 Å². The summed E-state index contributed by atoms with van der Waals surface area (Å²) in [6.45, 7) is 4.98. The summed E-state index contributed by atoms with van der Waals surface area (Å²) in [5.41, 5.74) is 1.34. The maximum atomic E-state index is 13.4. The zero-order valence-electron chi connectivity index (χ0n) is 21.8. The molecule has 0 aromatic heterocycles. The summed E-state index contributed by atoms with van der Waals surface area (Å²) in [7, 11) is 3.80. The number of likely N-dealkylation sites (tertiary alicyclic amines) is 1. The van der Waals surface area contributed by atoms with E-state index in [1.165, 1.54) is 18.2 Å². The van der Waals surface area contributed by atoms with Crippen LogP contribution in [-0.2, 0) is 23.9 Å². The van der Waals surface area contributed by atoms with Crippen molar-refractivity contribution in [2.24, 2.45) is 10.9 Å². The standard InChI is InChI=1S/C26H34N4O7/c1-5-36-26(33)24-20(11-13-28(3)4)27-17(2)22(23(24)18-8-6-9-19(16-18)30(34)35)25(32)37-15-14-29-12-7-10-21(29)31/h6,8-9,16,23-24H,5,7,10-15H2,1-4H3. The van der Waals surface area contributed by atoms with E-state index in [4.69, 9.17) is 9.47 Å². The van der Waals surface area contributed by atoms with E-state index in [-0.39, 0.29) is 36.9 Å². The first-order valence-electron chi connectivity index (χ1n) is 12.4. The Hall–Kier alpha value is -3.60. The molecule has 1 saturated heterocycles. The van der Waals surface area contributed by atoms with Crippen molar-refractivity contribution in [2.45, 2.75) is 39.0 Å². The Balaban J connectivity index is 2.02. The molecule has 200 valence electrons. The predicted molar refractivity (Wildman–Crippen MR) is 136 cm³/mol. The number of hydrogen-bond donors (Lipinski definition) is 0. The van der Waals surface area contributed by atoms with Gasteiger partial charge in [-0.05, 0) is 46.3 Å². The maximum Gasteiger partial charge on any atom is 0.336 e. The number of rotatable bonds is 11. The van der Waals surface area contributed by atoms with Crippen LogP contribution in [0.2, 0.25) is 0 Å². The van der Waals surface area contributed by atoms with E-state index < -0.39 is 28.7 Å². The van der Waals surface area contributed by atoms with Crippen molar-refractivity contribution in [3.8, 4) is 0 Å². The Labute approximate surface area is 216 Å². The molecule has 1 aromatic carbocycles. The summed E-state index contributed by atoms with van der Waals surface area (Å²) in [4.78, 5) is 57.8. The fourth-order valence-electron chi connectivity index (χ4n) is 4.72. The highest BCUT2D eigenvalue weighted by molar-refractivity contribution is 6.08. The number of esters is 2. The second-order valence-electron chi connectivity index (χ2n) is 9.34. The molecule has 3 rings (SSSR count). The van der Waals surface area contributed by atoms with Crippen LogP contribution in [0.15, 0.2) is 40.5 Å². The van der Waals surface area contributed by atoms with Crippen LogP contribution in [0.3, 0.4) is 0 Å². The van der Waals surface area contributed by atoms with Crippen LogP contribution < -0.4 is 0 Å².